The van der Waals surface area contributed by atoms with E-state index in [1.165, 1.54) is 18.9 Å². The van der Waals surface area contributed by atoms with Crippen molar-refractivity contribution in [1.82, 2.24) is 5.32 Å². The number of carbonyl (C=O) groups is 3. The van der Waals surface area contributed by atoms with Crippen LogP contribution in [-0.2, 0) is 27.3 Å². The van der Waals surface area contributed by atoms with Crippen LogP contribution < -0.4 is 11.1 Å². The number of Topliss-reactive ketones (excluding diaryl/α,β-unsaturated/α-hetero) is 2. The Morgan fingerprint density at radius 1 is 1.12 bits per heavy atom. The monoisotopic (exact) mass is 554 g/mol. The number of aliphatic hydroxyl groups excluding tert-OH is 2. The molecule has 40 heavy (non-hydrogen) atoms. The van der Waals surface area contributed by atoms with E-state index in [1.807, 2.05) is 0 Å². The zero-order chi connectivity index (χ0) is 28.9. The standard InChI is InChI=1S/C30H35FN2O7/c1-29(2)15-4-3-12(18(29)8-15)10-33-11-14-7-19(34)22-17(24(14)31)6-13-5-16-9-20(35)23(28(32)39)27(38)30(16,40)26(37)21(13)25(22)36/h7,12-13,15-16,18,33-34,36,38,40H,3-6,8-11H2,1-2H3,(H2,32,39)/t12-,13?,15?,16+,18?,30+/m1/s1. The van der Waals surface area contributed by atoms with Gasteiger partial charge in [0.15, 0.2) is 11.4 Å². The highest BCUT2D eigenvalue weighted by Crippen LogP contribution is 2.61. The largest absolute Gasteiger partial charge is 0.508 e. The molecule has 0 saturated heterocycles. The first-order chi connectivity index (χ1) is 18.8. The SMILES string of the molecule is CC1(C)C2CC[C@H](CNCc3cc(O)c4c(c3F)CC3C[C@H]5CC(=O)C(C(N)=O)=C(O)[C@@]5(O)C(=O)C3=C4O)C1C2. The number of benzene rings is 1. The van der Waals surface area contributed by atoms with Gasteiger partial charge in [-0.3, -0.25) is 14.4 Å². The molecule has 0 aliphatic heterocycles. The molecular weight excluding hydrogens is 519 g/mol. The van der Waals surface area contributed by atoms with Gasteiger partial charge < -0.3 is 31.5 Å². The molecule has 0 spiro atoms. The summed E-state index contributed by atoms with van der Waals surface area (Å²) in [5.74, 6) is -5.91. The maximum atomic E-state index is 15.8. The summed E-state index contributed by atoms with van der Waals surface area (Å²) >= 11 is 0. The number of aliphatic hydroxyl groups is 3. The van der Waals surface area contributed by atoms with E-state index < -0.39 is 70.0 Å². The molecule has 1 amide bonds. The van der Waals surface area contributed by atoms with Crippen molar-refractivity contribution < 1.29 is 39.2 Å². The number of halogens is 1. The Balaban J connectivity index is 1.29. The fourth-order valence-electron chi connectivity index (χ4n) is 8.45. The number of phenols is 1. The smallest absolute Gasteiger partial charge is 0.255 e. The maximum Gasteiger partial charge on any atom is 0.255 e. The lowest BCUT2D eigenvalue weighted by Crippen LogP contribution is -2.58. The molecule has 9 nitrogen and oxygen atoms in total. The van der Waals surface area contributed by atoms with Gasteiger partial charge in [0.1, 0.15) is 28.7 Å². The van der Waals surface area contributed by atoms with Crippen molar-refractivity contribution in [2.24, 2.45) is 40.7 Å². The van der Waals surface area contributed by atoms with E-state index in [-0.39, 0.29) is 41.6 Å². The summed E-state index contributed by atoms with van der Waals surface area (Å²) in [6.45, 7) is 5.57. The van der Waals surface area contributed by atoms with Gasteiger partial charge in [0.2, 0.25) is 5.78 Å². The third-order valence-corrected chi connectivity index (χ3v) is 10.8. The van der Waals surface area contributed by atoms with Gasteiger partial charge in [0, 0.05) is 35.6 Å². The van der Waals surface area contributed by atoms with Crippen molar-refractivity contribution in [3.63, 3.8) is 0 Å². The average molecular weight is 555 g/mol. The number of ketones is 2. The predicted octanol–water partition coefficient (Wildman–Crippen LogP) is 2.72. The third kappa shape index (κ3) is 3.54. The summed E-state index contributed by atoms with van der Waals surface area (Å²) in [5.41, 5.74) is 1.84. The molecule has 1 aromatic carbocycles. The molecule has 0 radical (unpaired) electrons. The zero-order valence-electron chi connectivity index (χ0n) is 22.6. The second-order valence-corrected chi connectivity index (χ2v) is 13.0. The highest BCUT2D eigenvalue weighted by molar-refractivity contribution is 6.22. The fraction of sp³-hybridized carbons (Fsp3) is 0.567. The van der Waals surface area contributed by atoms with E-state index in [2.05, 4.69) is 19.2 Å². The normalized spacial score (nSPS) is 34.1. The van der Waals surface area contributed by atoms with Gasteiger partial charge in [-0.15, -0.1) is 0 Å². The van der Waals surface area contributed by atoms with Crippen molar-refractivity contribution in [3.05, 3.63) is 45.5 Å². The Morgan fingerprint density at radius 3 is 2.50 bits per heavy atom. The van der Waals surface area contributed by atoms with Gasteiger partial charge in [-0.1, -0.05) is 13.8 Å². The van der Waals surface area contributed by atoms with Crippen LogP contribution in [0, 0.1) is 40.8 Å². The topological polar surface area (TPSA) is 170 Å². The molecule has 6 aliphatic rings. The molecule has 7 rings (SSSR count). The van der Waals surface area contributed by atoms with Crippen LogP contribution >= 0.6 is 0 Å². The first-order valence-electron chi connectivity index (χ1n) is 14.0. The summed E-state index contributed by atoms with van der Waals surface area (Å²) in [4.78, 5) is 37.8. The number of phenolic OH excluding ortho intramolecular Hbond substituents is 1. The molecule has 7 N–H and O–H groups in total. The van der Waals surface area contributed by atoms with Gasteiger partial charge in [-0.2, -0.15) is 0 Å². The van der Waals surface area contributed by atoms with Crippen LogP contribution in [0.5, 0.6) is 5.75 Å². The number of fused-ring (bicyclic) bond motifs is 5. The minimum atomic E-state index is -2.64. The number of aromatic hydroxyl groups is 1. The molecule has 4 fully saturated rings. The van der Waals surface area contributed by atoms with E-state index >= 15 is 4.39 Å². The van der Waals surface area contributed by atoms with E-state index in [4.69, 9.17) is 5.73 Å². The predicted molar refractivity (Wildman–Crippen MR) is 141 cm³/mol. The van der Waals surface area contributed by atoms with Crippen LogP contribution in [-0.4, -0.2) is 50.0 Å². The lowest BCUT2D eigenvalue weighted by atomic mass is 9.45. The summed E-state index contributed by atoms with van der Waals surface area (Å²) in [5, 5.41) is 47.2. The molecule has 0 aromatic heterocycles. The van der Waals surface area contributed by atoms with Gasteiger partial charge in [-0.05, 0) is 73.8 Å². The maximum absolute atomic E-state index is 15.8. The average Bonchev–Trinajstić information content (AvgIpc) is 2.88. The number of primary amides is 1. The number of amides is 1. The van der Waals surface area contributed by atoms with E-state index in [1.54, 1.807) is 0 Å². The highest BCUT2D eigenvalue weighted by atomic mass is 19.1. The van der Waals surface area contributed by atoms with Crippen LogP contribution in [0.4, 0.5) is 4.39 Å². The van der Waals surface area contributed by atoms with Crippen molar-refractivity contribution in [2.75, 3.05) is 6.54 Å². The molecule has 6 aliphatic carbocycles. The number of hydrogen-bond acceptors (Lipinski definition) is 8. The summed E-state index contributed by atoms with van der Waals surface area (Å²) in [7, 11) is 0. The van der Waals surface area contributed by atoms with Gasteiger partial charge in [0.25, 0.3) is 5.91 Å². The lowest BCUT2D eigenvalue weighted by molar-refractivity contribution is -0.147. The van der Waals surface area contributed by atoms with Crippen LogP contribution in [0.25, 0.3) is 5.76 Å². The molecule has 214 valence electrons. The number of carbonyl (C=O) groups excluding carboxylic acids is 3. The minimum Gasteiger partial charge on any atom is -0.508 e. The molecule has 0 heterocycles. The van der Waals surface area contributed by atoms with Crippen molar-refractivity contribution in [3.8, 4) is 5.75 Å². The number of nitrogens with two attached hydrogens (primary N) is 1. The van der Waals surface area contributed by atoms with E-state index in [0.717, 1.165) is 18.9 Å². The van der Waals surface area contributed by atoms with Crippen molar-refractivity contribution >= 4 is 23.2 Å². The Bertz CT molecular complexity index is 1430. The molecule has 1 aromatic rings. The summed E-state index contributed by atoms with van der Waals surface area (Å²) < 4.78 is 15.8. The summed E-state index contributed by atoms with van der Waals surface area (Å²) in [6.07, 6.45) is 3.08. The van der Waals surface area contributed by atoms with E-state index in [0.29, 0.717) is 17.3 Å². The second kappa shape index (κ2) is 8.88. The van der Waals surface area contributed by atoms with Gasteiger partial charge >= 0.3 is 0 Å². The molecule has 6 atom stereocenters. The fourth-order valence-corrected chi connectivity index (χ4v) is 8.45. The summed E-state index contributed by atoms with van der Waals surface area (Å²) in [6, 6.07) is 1.23. The van der Waals surface area contributed by atoms with Crippen LogP contribution in [0.3, 0.4) is 0 Å². The Hall–Kier alpha value is -3.24. The molecule has 10 heteroatoms. The quantitative estimate of drug-likeness (QED) is 0.302. The number of rotatable bonds is 5. The lowest BCUT2D eigenvalue weighted by Gasteiger charge is -2.60. The van der Waals surface area contributed by atoms with Crippen LogP contribution in [0.2, 0.25) is 0 Å². The Kier molecular flexibility index (Phi) is 5.98. The Labute approximate surface area is 230 Å². The third-order valence-electron chi connectivity index (χ3n) is 10.8. The van der Waals surface area contributed by atoms with Crippen molar-refractivity contribution in [2.45, 2.75) is 64.5 Å². The zero-order valence-corrected chi connectivity index (χ0v) is 22.6. The number of nitrogens with one attached hydrogen (secondary N) is 1. The van der Waals surface area contributed by atoms with Crippen molar-refractivity contribution in [1.29, 1.82) is 0 Å². The molecule has 3 unspecified atom stereocenters. The van der Waals surface area contributed by atoms with Crippen LogP contribution in [0.1, 0.15) is 62.6 Å². The minimum absolute atomic E-state index is 0.0363. The van der Waals surface area contributed by atoms with Crippen LogP contribution in [0.15, 0.2) is 23.0 Å². The molecular formula is C30H35FN2O7. The van der Waals surface area contributed by atoms with Gasteiger partial charge in [0.05, 0.1) is 5.56 Å². The van der Waals surface area contributed by atoms with Gasteiger partial charge in [-0.25, -0.2) is 4.39 Å². The Morgan fingerprint density at radius 2 is 1.85 bits per heavy atom. The van der Waals surface area contributed by atoms with E-state index in [9.17, 15) is 34.8 Å². The number of hydrogen-bond donors (Lipinski definition) is 6. The first kappa shape index (κ1) is 27.0. The first-order valence-corrected chi connectivity index (χ1v) is 14.0. The highest BCUT2D eigenvalue weighted by Gasteiger charge is 2.60. The molecule has 2 bridgehead atoms. The second-order valence-electron chi connectivity index (χ2n) is 13.0. The molecule has 4 saturated carbocycles.